The van der Waals surface area contributed by atoms with Crippen LogP contribution in [0.1, 0.15) is 68.0 Å². The summed E-state index contributed by atoms with van der Waals surface area (Å²) in [6.07, 6.45) is 15.1. The molecule has 1 saturated carbocycles. The van der Waals surface area contributed by atoms with E-state index in [0.29, 0.717) is 12.0 Å². The number of nitrogens with two attached hydrogens (primary N) is 1. The predicted octanol–water partition coefficient (Wildman–Crippen LogP) is 5.00. The second-order valence-corrected chi connectivity index (χ2v) is 8.32. The maximum Gasteiger partial charge on any atom is 0.0485 e. The standard InChI is InChI=1S/C25H34N4/c26-14-7-16-27-17-13-22(20-8-6-15-28-18-20)24-19-29(21-9-2-1-3-10-21)25-12-5-4-11-23(24)25/h4-6,8,11-12,15,18-19,21-22,27H,1-3,7,9-10,13-14,16-17,26H2. The number of fused-ring (bicyclic) bond motifs is 1. The molecule has 1 aromatic carbocycles. The minimum Gasteiger partial charge on any atom is -0.344 e. The molecular weight excluding hydrogens is 356 g/mol. The van der Waals surface area contributed by atoms with E-state index in [-0.39, 0.29) is 0 Å². The summed E-state index contributed by atoms with van der Waals surface area (Å²) in [6, 6.07) is 13.9. The zero-order valence-corrected chi connectivity index (χ0v) is 17.4. The van der Waals surface area contributed by atoms with Gasteiger partial charge in [-0.25, -0.2) is 0 Å². The zero-order chi connectivity index (χ0) is 19.9. The SMILES string of the molecule is NCCCNCCC(c1cccnc1)c1cn(C2CCCCC2)c2ccccc12. The lowest BCUT2D eigenvalue weighted by Gasteiger charge is -2.24. The molecule has 3 N–H and O–H groups in total. The maximum atomic E-state index is 5.64. The Labute approximate surface area is 174 Å². The largest absolute Gasteiger partial charge is 0.344 e. The molecule has 154 valence electrons. The molecule has 4 rings (SSSR count). The summed E-state index contributed by atoms with van der Waals surface area (Å²) < 4.78 is 2.58. The van der Waals surface area contributed by atoms with Crippen molar-refractivity contribution in [3.8, 4) is 0 Å². The van der Waals surface area contributed by atoms with E-state index in [4.69, 9.17) is 5.73 Å². The van der Waals surface area contributed by atoms with E-state index in [0.717, 1.165) is 32.5 Å². The molecule has 0 amide bonds. The van der Waals surface area contributed by atoms with E-state index >= 15 is 0 Å². The Kier molecular flexibility index (Phi) is 6.96. The van der Waals surface area contributed by atoms with Gasteiger partial charge in [-0.3, -0.25) is 4.98 Å². The lowest BCUT2D eigenvalue weighted by atomic mass is 9.89. The van der Waals surface area contributed by atoms with E-state index in [9.17, 15) is 0 Å². The van der Waals surface area contributed by atoms with Crippen molar-refractivity contribution >= 4 is 10.9 Å². The molecule has 1 fully saturated rings. The highest BCUT2D eigenvalue weighted by atomic mass is 15.0. The number of benzene rings is 1. The van der Waals surface area contributed by atoms with Gasteiger partial charge in [0.15, 0.2) is 0 Å². The highest BCUT2D eigenvalue weighted by Crippen LogP contribution is 2.38. The molecule has 0 aliphatic heterocycles. The second kappa shape index (κ2) is 10.0. The van der Waals surface area contributed by atoms with Gasteiger partial charge in [0.2, 0.25) is 0 Å². The van der Waals surface area contributed by atoms with Crippen LogP contribution in [0.4, 0.5) is 0 Å². The number of aromatic nitrogens is 2. The van der Waals surface area contributed by atoms with Crippen molar-refractivity contribution in [3.05, 3.63) is 66.1 Å². The van der Waals surface area contributed by atoms with Crippen LogP contribution in [0, 0.1) is 0 Å². The molecule has 0 saturated heterocycles. The van der Waals surface area contributed by atoms with Crippen LogP contribution in [0.25, 0.3) is 10.9 Å². The number of hydrogen-bond donors (Lipinski definition) is 2. The fourth-order valence-corrected chi connectivity index (χ4v) is 4.85. The molecule has 0 spiro atoms. The van der Waals surface area contributed by atoms with Gasteiger partial charge in [-0.1, -0.05) is 43.5 Å². The Hall–Kier alpha value is -2.17. The van der Waals surface area contributed by atoms with Crippen molar-refractivity contribution in [1.29, 1.82) is 0 Å². The van der Waals surface area contributed by atoms with Crippen molar-refractivity contribution in [2.45, 2.75) is 56.9 Å². The molecule has 0 bridgehead atoms. The third-order valence-corrected chi connectivity index (χ3v) is 6.37. The van der Waals surface area contributed by atoms with E-state index in [1.54, 1.807) is 0 Å². The van der Waals surface area contributed by atoms with Crippen LogP contribution in [0.15, 0.2) is 55.0 Å². The molecule has 1 unspecified atom stereocenters. The van der Waals surface area contributed by atoms with Gasteiger partial charge in [0.25, 0.3) is 0 Å². The van der Waals surface area contributed by atoms with Gasteiger partial charge in [-0.05, 0) is 68.6 Å². The molecule has 2 heterocycles. The van der Waals surface area contributed by atoms with E-state index < -0.39 is 0 Å². The lowest BCUT2D eigenvalue weighted by Crippen LogP contribution is -2.21. The molecule has 4 heteroatoms. The lowest BCUT2D eigenvalue weighted by molar-refractivity contribution is 0.360. The Balaban J connectivity index is 1.67. The first-order valence-electron chi connectivity index (χ1n) is 11.3. The fourth-order valence-electron chi connectivity index (χ4n) is 4.85. The van der Waals surface area contributed by atoms with Crippen molar-refractivity contribution in [3.63, 3.8) is 0 Å². The van der Waals surface area contributed by atoms with Crippen LogP contribution in [0.3, 0.4) is 0 Å². The zero-order valence-electron chi connectivity index (χ0n) is 17.4. The topological polar surface area (TPSA) is 55.9 Å². The Morgan fingerprint density at radius 3 is 2.72 bits per heavy atom. The van der Waals surface area contributed by atoms with Crippen LogP contribution >= 0.6 is 0 Å². The molecular formula is C25H34N4. The molecule has 1 atom stereocenters. The molecule has 1 aliphatic rings. The average Bonchev–Trinajstić information content (AvgIpc) is 3.17. The summed E-state index contributed by atoms with van der Waals surface area (Å²) in [5.74, 6) is 0.351. The van der Waals surface area contributed by atoms with Crippen LogP contribution in [-0.2, 0) is 0 Å². The van der Waals surface area contributed by atoms with Gasteiger partial charge in [0, 0.05) is 41.5 Å². The van der Waals surface area contributed by atoms with Crippen LogP contribution in [0.2, 0.25) is 0 Å². The number of nitrogens with one attached hydrogen (secondary N) is 1. The van der Waals surface area contributed by atoms with Gasteiger partial charge < -0.3 is 15.6 Å². The highest BCUT2D eigenvalue weighted by Gasteiger charge is 2.23. The summed E-state index contributed by atoms with van der Waals surface area (Å²) >= 11 is 0. The number of nitrogens with zero attached hydrogens (tertiary/aromatic N) is 2. The normalized spacial score (nSPS) is 16.3. The predicted molar refractivity (Wildman–Crippen MR) is 121 cm³/mol. The van der Waals surface area contributed by atoms with Gasteiger partial charge >= 0.3 is 0 Å². The van der Waals surface area contributed by atoms with Crippen molar-refractivity contribution in [2.24, 2.45) is 5.73 Å². The molecule has 0 radical (unpaired) electrons. The molecule has 3 aromatic rings. The summed E-state index contributed by atoms with van der Waals surface area (Å²) in [5.41, 5.74) is 9.78. The van der Waals surface area contributed by atoms with Crippen LogP contribution < -0.4 is 11.1 Å². The molecule has 2 aromatic heterocycles. The third kappa shape index (κ3) is 4.71. The van der Waals surface area contributed by atoms with Crippen LogP contribution in [0.5, 0.6) is 0 Å². The smallest absolute Gasteiger partial charge is 0.0485 e. The maximum absolute atomic E-state index is 5.64. The van der Waals surface area contributed by atoms with E-state index in [1.165, 1.54) is 54.1 Å². The fraction of sp³-hybridized carbons (Fsp3) is 0.480. The summed E-state index contributed by atoms with van der Waals surface area (Å²) in [4.78, 5) is 4.42. The Morgan fingerprint density at radius 1 is 1.07 bits per heavy atom. The first-order chi connectivity index (χ1) is 14.4. The summed E-state index contributed by atoms with van der Waals surface area (Å²) in [7, 11) is 0. The van der Waals surface area contributed by atoms with Crippen molar-refractivity contribution in [2.75, 3.05) is 19.6 Å². The van der Waals surface area contributed by atoms with Crippen molar-refractivity contribution in [1.82, 2.24) is 14.9 Å². The van der Waals surface area contributed by atoms with E-state index in [1.807, 2.05) is 12.4 Å². The second-order valence-electron chi connectivity index (χ2n) is 8.32. The summed E-state index contributed by atoms with van der Waals surface area (Å²) in [6.45, 7) is 2.72. The molecule has 4 nitrogen and oxygen atoms in total. The highest BCUT2D eigenvalue weighted by molar-refractivity contribution is 5.85. The van der Waals surface area contributed by atoms with Crippen LogP contribution in [-0.4, -0.2) is 29.2 Å². The number of hydrogen-bond acceptors (Lipinski definition) is 3. The average molecular weight is 391 g/mol. The summed E-state index contributed by atoms with van der Waals surface area (Å²) in [5, 5.41) is 4.96. The molecule has 29 heavy (non-hydrogen) atoms. The van der Waals surface area contributed by atoms with Gasteiger partial charge in [-0.15, -0.1) is 0 Å². The first kappa shape index (κ1) is 20.1. The first-order valence-corrected chi connectivity index (χ1v) is 11.3. The van der Waals surface area contributed by atoms with Gasteiger partial charge in [-0.2, -0.15) is 0 Å². The van der Waals surface area contributed by atoms with Gasteiger partial charge in [0.1, 0.15) is 0 Å². The number of rotatable bonds is 9. The Morgan fingerprint density at radius 2 is 1.93 bits per heavy atom. The third-order valence-electron chi connectivity index (χ3n) is 6.37. The van der Waals surface area contributed by atoms with E-state index in [2.05, 4.69) is 57.5 Å². The minimum absolute atomic E-state index is 0.351. The monoisotopic (exact) mass is 390 g/mol. The number of pyridine rings is 1. The molecule has 1 aliphatic carbocycles. The van der Waals surface area contributed by atoms with Gasteiger partial charge in [0.05, 0.1) is 0 Å². The number of para-hydroxylation sites is 1. The Bertz CT molecular complexity index is 880. The van der Waals surface area contributed by atoms with Crippen molar-refractivity contribution < 1.29 is 0 Å². The minimum atomic E-state index is 0.351. The quantitative estimate of drug-likeness (QED) is 0.505.